The summed E-state index contributed by atoms with van der Waals surface area (Å²) in [6.07, 6.45) is 0.806. The van der Waals surface area contributed by atoms with E-state index in [9.17, 15) is 19.7 Å². The van der Waals surface area contributed by atoms with E-state index in [1.165, 1.54) is 6.07 Å². The molecule has 0 radical (unpaired) electrons. The van der Waals surface area contributed by atoms with Gasteiger partial charge in [-0.15, -0.1) is 0 Å². The van der Waals surface area contributed by atoms with Gasteiger partial charge < -0.3 is 14.8 Å². The third-order valence-corrected chi connectivity index (χ3v) is 6.42. The topological polar surface area (TPSA) is 108 Å². The molecule has 8 heteroatoms. The Morgan fingerprint density at radius 2 is 1.54 bits per heavy atom. The molecule has 0 saturated heterocycles. The van der Waals surface area contributed by atoms with Gasteiger partial charge in [-0.2, -0.15) is 0 Å². The number of nitrogens with one attached hydrogen (secondary N) is 1. The van der Waals surface area contributed by atoms with E-state index >= 15 is 0 Å². The van der Waals surface area contributed by atoms with E-state index in [4.69, 9.17) is 9.47 Å². The average Bonchev–Trinajstić information content (AvgIpc) is 3.65. The number of rotatable bonds is 8. The van der Waals surface area contributed by atoms with Crippen LogP contribution in [0.3, 0.4) is 0 Å². The fourth-order valence-corrected chi connectivity index (χ4v) is 4.85. The number of carbonyl (C=O) groups is 2. The SMILES string of the molecule is CCOC(=O)C1=C(C)NC([C@@H]2C[C@@H]2c2ccccc2)=C(C(=O)OCC)C1c1ccccc1[N+](=O)[O-]. The van der Waals surface area contributed by atoms with Crippen LogP contribution in [-0.4, -0.2) is 30.1 Å². The van der Waals surface area contributed by atoms with E-state index < -0.39 is 22.8 Å². The molecule has 1 heterocycles. The molecular weight excluding hydrogens is 448 g/mol. The number of allylic oxidation sites excluding steroid dienone is 2. The van der Waals surface area contributed by atoms with Crippen molar-refractivity contribution in [2.75, 3.05) is 13.2 Å². The molecule has 2 aromatic rings. The molecule has 1 saturated carbocycles. The first-order valence-corrected chi connectivity index (χ1v) is 11.7. The van der Waals surface area contributed by atoms with Gasteiger partial charge in [0.2, 0.25) is 0 Å². The van der Waals surface area contributed by atoms with Crippen LogP contribution >= 0.6 is 0 Å². The third kappa shape index (κ3) is 4.69. The molecular formula is C27H28N2O6. The number of hydrogen-bond acceptors (Lipinski definition) is 7. The average molecular weight is 477 g/mol. The normalized spacial score (nSPS) is 21.3. The molecule has 35 heavy (non-hydrogen) atoms. The first-order valence-electron chi connectivity index (χ1n) is 11.7. The summed E-state index contributed by atoms with van der Waals surface area (Å²) >= 11 is 0. The van der Waals surface area contributed by atoms with Crippen molar-refractivity contribution < 1.29 is 24.0 Å². The molecule has 2 aliphatic rings. The molecule has 1 N–H and O–H groups in total. The van der Waals surface area contributed by atoms with E-state index in [-0.39, 0.29) is 47.4 Å². The first-order chi connectivity index (χ1) is 16.9. The lowest BCUT2D eigenvalue weighted by Crippen LogP contribution is -2.34. The van der Waals surface area contributed by atoms with Crippen LogP contribution in [0.2, 0.25) is 0 Å². The molecule has 1 aliphatic heterocycles. The van der Waals surface area contributed by atoms with Crippen molar-refractivity contribution in [1.29, 1.82) is 0 Å². The Balaban J connectivity index is 1.91. The molecule has 0 spiro atoms. The van der Waals surface area contributed by atoms with E-state index in [0.29, 0.717) is 11.4 Å². The smallest absolute Gasteiger partial charge is 0.336 e. The maximum Gasteiger partial charge on any atom is 0.336 e. The lowest BCUT2D eigenvalue weighted by atomic mass is 9.78. The van der Waals surface area contributed by atoms with Crippen LogP contribution in [0.4, 0.5) is 5.69 Å². The van der Waals surface area contributed by atoms with Crippen molar-refractivity contribution in [1.82, 2.24) is 5.32 Å². The Bertz CT molecular complexity index is 1220. The largest absolute Gasteiger partial charge is 0.463 e. The summed E-state index contributed by atoms with van der Waals surface area (Å²) in [6.45, 7) is 5.38. The Labute approximate surface area is 203 Å². The number of nitrogens with zero attached hydrogens (tertiary/aromatic N) is 1. The van der Waals surface area contributed by atoms with E-state index in [0.717, 1.165) is 12.0 Å². The van der Waals surface area contributed by atoms with Gasteiger partial charge in [0.1, 0.15) is 0 Å². The van der Waals surface area contributed by atoms with E-state index in [1.807, 2.05) is 30.3 Å². The van der Waals surface area contributed by atoms with Crippen molar-refractivity contribution in [3.05, 3.63) is 98.4 Å². The summed E-state index contributed by atoms with van der Waals surface area (Å²) in [5.74, 6) is -2.06. The number of benzene rings is 2. The Morgan fingerprint density at radius 1 is 0.943 bits per heavy atom. The predicted octanol–water partition coefficient (Wildman–Crippen LogP) is 4.74. The highest BCUT2D eigenvalue weighted by Gasteiger charge is 2.49. The second-order valence-electron chi connectivity index (χ2n) is 8.54. The quantitative estimate of drug-likeness (QED) is 0.333. The molecule has 1 fully saturated rings. The number of esters is 2. The van der Waals surface area contributed by atoms with Crippen LogP contribution < -0.4 is 5.32 Å². The highest BCUT2D eigenvalue weighted by Crippen LogP contribution is 2.55. The summed E-state index contributed by atoms with van der Waals surface area (Å²) in [7, 11) is 0. The van der Waals surface area contributed by atoms with Crippen LogP contribution in [0.5, 0.6) is 0 Å². The van der Waals surface area contributed by atoms with Gasteiger partial charge in [0.25, 0.3) is 5.69 Å². The van der Waals surface area contributed by atoms with Crippen molar-refractivity contribution in [3.8, 4) is 0 Å². The molecule has 1 unspecified atom stereocenters. The number of hydrogen-bond donors (Lipinski definition) is 1. The third-order valence-electron chi connectivity index (χ3n) is 6.42. The molecule has 0 bridgehead atoms. The highest BCUT2D eigenvalue weighted by molar-refractivity contribution is 6.00. The van der Waals surface area contributed by atoms with Crippen LogP contribution in [-0.2, 0) is 19.1 Å². The van der Waals surface area contributed by atoms with Gasteiger partial charge in [-0.25, -0.2) is 9.59 Å². The van der Waals surface area contributed by atoms with Crippen molar-refractivity contribution in [3.63, 3.8) is 0 Å². The van der Waals surface area contributed by atoms with Crippen LogP contribution in [0.15, 0.2) is 77.1 Å². The van der Waals surface area contributed by atoms with Crippen molar-refractivity contribution in [2.45, 2.75) is 39.0 Å². The molecule has 0 aromatic heterocycles. The number of ether oxygens (including phenoxy) is 2. The number of carbonyl (C=O) groups excluding carboxylic acids is 2. The van der Waals surface area contributed by atoms with Crippen LogP contribution in [0.25, 0.3) is 0 Å². The number of nitro benzene ring substituents is 1. The molecule has 3 atom stereocenters. The zero-order valence-corrected chi connectivity index (χ0v) is 19.9. The van der Waals surface area contributed by atoms with Gasteiger partial charge in [0, 0.05) is 28.9 Å². The first kappa shape index (κ1) is 24.2. The van der Waals surface area contributed by atoms with Crippen LogP contribution in [0.1, 0.15) is 50.2 Å². The van der Waals surface area contributed by atoms with Gasteiger partial charge in [0.15, 0.2) is 0 Å². The number of dihydropyridines is 1. The van der Waals surface area contributed by atoms with Gasteiger partial charge >= 0.3 is 11.9 Å². The van der Waals surface area contributed by atoms with Crippen molar-refractivity contribution >= 4 is 17.6 Å². The fourth-order valence-electron chi connectivity index (χ4n) is 4.85. The molecule has 8 nitrogen and oxygen atoms in total. The zero-order chi connectivity index (χ0) is 25.1. The minimum absolute atomic E-state index is 0.0132. The second-order valence-corrected chi connectivity index (χ2v) is 8.54. The monoisotopic (exact) mass is 476 g/mol. The summed E-state index contributed by atoms with van der Waals surface area (Å²) in [4.78, 5) is 38.0. The molecule has 182 valence electrons. The number of nitro groups is 1. The fraction of sp³-hybridized carbons (Fsp3) is 0.333. The van der Waals surface area contributed by atoms with Gasteiger partial charge in [-0.3, -0.25) is 10.1 Å². The predicted molar refractivity (Wildman–Crippen MR) is 129 cm³/mol. The van der Waals surface area contributed by atoms with Crippen LogP contribution in [0, 0.1) is 16.0 Å². The van der Waals surface area contributed by atoms with E-state index in [1.54, 1.807) is 39.0 Å². The minimum Gasteiger partial charge on any atom is -0.463 e. The summed E-state index contributed by atoms with van der Waals surface area (Å²) in [5.41, 5.74) is 2.77. The highest BCUT2D eigenvalue weighted by atomic mass is 16.6. The lowest BCUT2D eigenvalue weighted by molar-refractivity contribution is -0.385. The van der Waals surface area contributed by atoms with Crippen molar-refractivity contribution in [2.24, 2.45) is 5.92 Å². The standard InChI is InChI=1S/C27H28N2O6/c1-4-34-26(30)22-16(3)28-25(20-15-19(20)17-11-7-6-8-12-17)24(27(31)35-5-2)23(22)18-13-9-10-14-21(18)29(32)33/h6-14,19-20,23,28H,4-5,15H2,1-3H3/t19-,20-,23?/m1/s1. The summed E-state index contributed by atoms with van der Waals surface area (Å²) in [6, 6.07) is 16.2. The summed E-state index contributed by atoms with van der Waals surface area (Å²) < 4.78 is 10.7. The minimum atomic E-state index is -0.997. The van der Waals surface area contributed by atoms with Gasteiger partial charge in [-0.05, 0) is 38.7 Å². The van der Waals surface area contributed by atoms with Gasteiger partial charge in [-0.1, -0.05) is 48.5 Å². The molecule has 4 rings (SSSR count). The number of para-hydroxylation sites is 1. The molecule has 2 aromatic carbocycles. The maximum absolute atomic E-state index is 13.4. The Morgan fingerprint density at radius 3 is 2.17 bits per heavy atom. The molecule has 1 aliphatic carbocycles. The Hall–Kier alpha value is -3.94. The lowest BCUT2D eigenvalue weighted by Gasteiger charge is -2.31. The van der Waals surface area contributed by atoms with E-state index in [2.05, 4.69) is 5.32 Å². The van der Waals surface area contributed by atoms with Gasteiger partial charge in [0.05, 0.1) is 35.2 Å². The Kier molecular flexibility index (Phi) is 7.00. The summed E-state index contributed by atoms with van der Waals surface area (Å²) in [5, 5.41) is 15.2. The second kappa shape index (κ2) is 10.1. The maximum atomic E-state index is 13.4. The molecule has 0 amide bonds. The zero-order valence-electron chi connectivity index (χ0n) is 19.9.